The van der Waals surface area contributed by atoms with Crippen molar-refractivity contribution in [2.24, 2.45) is 0 Å². The number of halogens is 1. The second kappa shape index (κ2) is 5.22. The summed E-state index contributed by atoms with van der Waals surface area (Å²) in [6.45, 7) is 0. The van der Waals surface area contributed by atoms with E-state index in [2.05, 4.69) is 20.7 Å². The highest BCUT2D eigenvalue weighted by Crippen LogP contribution is 2.24. The molecular formula is C14H9ClN4S2. The Balaban J connectivity index is 1.69. The van der Waals surface area contributed by atoms with Gasteiger partial charge in [-0.3, -0.25) is 0 Å². The number of hydrogen-bond acceptors (Lipinski definition) is 5. The molecule has 0 radical (unpaired) electrons. The lowest BCUT2D eigenvalue weighted by atomic mass is 10.2. The summed E-state index contributed by atoms with van der Waals surface area (Å²) >= 11 is 9.11. The highest BCUT2D eigenvalue weighted by molar-refractivity contribution is 7.16. The molecule has 0 unspecified atom stereocenters. The molecule has 0 aliphatic rings. The van der Waals surface area contributed by atoms with Crippen LogP contribution in [0, 0.1) is 0 Å². The first-order valence-electron chi connectivity index (χ1n) is 6.28. The first-order chi connectivity index (χ1) is 10.3. The third-order valence-electron chi connectivity index (χ3n) is 3.08. The number of thiophene rings is 1. The van der Waals surface area contributed by atoms with Gasteiger partial charge in [-0.1, -0.05) is 35.1 Å². The molecule has 0 aliphatic carbocycles. The maximum absolute atomic E-state index is 5.90. The summed E-state index contributed by atoms with van der Waals surface area (Å²) in [6, 6.07) is 9.86. The van der Waals surface area contributed by atoms with Crippen LogP contribution in [-0.4, -0.2) is 19.8 Å². The zero-order valence-corrected chi connectivity index (χ0v) is 13.1. The van der Waals surface area contributed by atoms with E-state index in [0.717, 1.165) is 32.8 Å². The lowest BCUT2D eigenvalue weighted by molar-refractivity contribution is 0.918. The molecule has 4 nitrogen and oxygen atoms in total. The van der Waals surface area contributed by atoms with Gasteiger partial charge in [0.25, 0.3) is 0 Å². The van der Waals surface area contributed by atoms with Crippen LogP contribution in [0.15, 0.2) is 41.1 Å². The fourth-order valence-electron chi connectivity index (χ4n) is 2.08. The van der Waals surface area contributed by atoms with Crippen molar-refractivity contribution in [1.82, 2.24) is 19.8 Å². The largest absolute Gasteiger partial charge is 0.234 e. The maximum atomic E-state index is 5.90. The van der Waals surface area contributed by atoms with Gasteiger partial charge in [-0.2, -0.15) is 21.0 Å². The van der Waals surface area contributed by atoms with Crippen LogP contribution in [0.2, 0.25) is 5.02 Å². The smallest absolute Gasteiger partial charge is 0.183 e. The quantitative estimate of drug-likeness (QED) is 0.566. The van der Waals surface area contributed by atoms with E-state index in [1.54, 1.807) is 22.7 Å². The summed E-state index contributed by atoms with van der Waals surface area (Å²) in [5.74, 6) is 0.796. The van der Waals surface area contributed by atoms with Crippen LogP contribution >= 0.6 is 34.3 Å². The van der Waals surface area contributed by atoms with Gasteiger partial charge >= 0.3 is 0 Å². The average Bonchev–Trinajstić information content (AvgIpc) is 3.17. The Kier molecular flexibility index (Phi) is 3.21. The van der Waals surface area contributed by atoms with Gasteiger partial charge in [0.05, 0.1) is 0 Å². The van der Waals surface area contributed by atoms with Gasteiger partial charge in [-0.25, -0.2) is 0 Å². The maximum Gasteiger partial charge on any atom is 0.234 e. The first kappa shape index (κ1) is 12.9. The molecule has 0 aliphatic heterocycles. The molecule has 0 spiro atoms. The van der Waals surface area contributed by atoms with Crippen molar-refractivity contribution >= 4 is 39.2 Å². The summed E-state index contributed by atoms with van der Waals surface area (Å²) < 4.78 is 1.82. The number of fused-ring (bicyclic) bond motifs is 1. The van der Waals surface area contributed by atoms with Crippen LogP contribution in [0.4, 0.5) is 0 Å². The van der Waals surface area contributed by atoms with E-state index < -0.39 is 0 Å². The van der Waals surface area contributed by atoms with Gasteiger partial charge < -0.3 is 0 Å². The van der Waals surface area contributed by atoms with E-state index in [4.69, 9.17) is 11.6 Å². The Morgan fingerprint density at radius 2 is 1.95 bits per heavy atom. The lowest BCUT2D eigenvalue weighted by Crippen LogP contribution is -1.92. The van der Waals surface area contributed by atoms with Crippen molar-refractivity contribution < 1.29 is 0 Å². The topological polar surface area (TPSA) is 43.1 Å². The third kappa shape index (κ3) is 2.46. The SMILES string of the molecule is Clc1ccc(Cc2nn3c(-c4ccsc4)nnc3s2)cc1. The summed E-state index contributed by atoms with van der Waals surface area (Å²) in [6.07, 6.45) is 0.772. The van der Waals surface area contributed by atoms with Crippen molar-refractivity contribution in [3.8, 4) is 11.4 Å². The molecule has 0 bridgehead atoms. The van der Waals surface area contributed by atoms with Crippen molar-refractivity contribution in [2.75, 3.05) is 0 Å². The minimum absolute atomic E-state index is 0.747. The van der Waals surface area contributed by atoms with Gasteiger partial charge in [-0.05, 0) is 29.1 Å². The second-order valence-corrected chi connectivity index (χ2v) is 6.79. The zero-order valence-electron chi connectivity index (χ0n) is 10.7. The summed E-state index contributed by atoms with van der Waals surface area (Å²) in [4.78, 5) is 0.820. The van der Waals surface area contributed by atoms with Gasteiger partial charge in [0.15, 0.2) is 5.82 Å². The minimum atomic E-state index is 0.747. The molecule has 7 heteroatoms. The normalized spacial score (nSPS) is 11.3. The predicted octanol–water partition coefficient (Wildman–Crippen LogP) is 4.16. The predicted molar refractivity (Wildman–Crippen MR) is 86.2 cm³/mol. The van der Waals surface area contributed by atoms with Crippen LogP contribution in [-0.2, 0) is 6.42 Å². The summed E-state index contributed by atoms with van der Waals surface area (Å²) in [7, 11) is 0. The summed E-state index contributed by atoms with van der Waals surface area (Å²) in [5, 5.41) is 18.9. The standard InChI is InChI=1S/C14H9ClN4S2/c15-11-3-1-9(2-4-11)7-12-18-19-13(10-5-6-20-8-10)16-17-14(19)21-12/h1-6,8H,7H2. The van der Waals surface area contributed by atoms with E-state index in [1.807, 2.05) is 40.2 Å². The molecule has 4 rings (SSSR count). The zero-order chi connectivity index (χ0) is 14.2. The van der Waals surface area contributed by atoms with Crippen molar-refractivity contribution in [2.45, 2.75) is 6.42 Å². The number of benzene rings is 1. The van der Waals surface area contributed by atoms with Crippen LogP contribution < -0.4 is 0 Å². The van der Waals surface area contributed by atoms with Crippen molar-refractivity contribution in [3.05, 3.63) is 56.7 Å². The molecule has 4 aromatic rings. The molecule has 0 atom stereocenters. The fraction of sp³-hybridized carbons (Fsp3) is 0.0714. The average molecular weight is 333 g/mol. The van der Waals surface area contributed by atoms with Gasteiger partial charge in [-0.15, -0.1) is 10.2 Å². The number of nitrogens with zero attached hydrogens (tertiary/aromatic N) is 4. The van der Waals surface area contributed by atoms with E-state index >= 15 is 0 Å². The number of rotatable bonds is 3. The van der Waals surface area contributed by atoms with E-state index in [0.29, 0.717) is 0 Å². The van der Waals surface area contributed by atoms with Crippen LogP contribution in [0.1, 0.15) is 10.6 Å². The van der Waals surface area contributed by atoms with E-state index in [-0.39, 0.29) is 0 Å². The van der Waals surface area contributed by atoms with Crippen molar-refractivity contribution in [3.63, 3.8) is 0 Å². The number of aromatic nitrogens is 4. The molecule has 0 fully saturated rings. The van der Waals surface area contributed by atoms with Gasteiger partial charge in [0, 0.05) is 22.4 Å². The van der Waals surface area contributed by atoms with Crippen LogP contribution in [0.25, 0.3) is 16.3 Å². The molecule has 1 aromatic carbocycles. The van der Waals surface area contributed by atoms with E-state index in [9.17, 15) is 0 Å². The molecule has 0 amide bonds. The Hall–Kier alpha value is -1.76. The van der Waals surface area contributed by atoms with E-state index in [1.165, 1.54) is 5.56 Å². The fourth-order valence-corrected chi connectivity index (χ4v) is 3.70. The van der Waals surface area contributed by atoms with Gasteiger partial charge in [0.1, 0.15) is 5.01 Å². The van der Waals surface area contributed by atoms with Crippen LogP contribution in [0.5, 0.6) is 0 Å². The van der Waals surface area contributed by atoms with Crippen molar-refractivity contribution in [1.29, 1.82) is 0 Å². The monoisotopic (exact) mass is 332 g/mol. The Morgan fingerprint density at radius 3 is 2.71 bits per heavy atom. The Labute approximate surface area is 133 Å². The van der Waals surface area contributed by atoms with Gasteiger partial charge in [0.2, 0.25) is 4.96 Å². The number of hydrogen-bond donors (Lipinski definition) is 0. The molecule has 0 N–H and O–H groups in total. The first-order valence-corrected chi connectivity index (χ1v) is 8.41. The molecule has 21 heavy (non-hydrogen) atoms. The molecule has 104 valence electrons. The summed E-state index contributed by atoms with van der Waals surface area (Å²) in [5.41, 5.74) is 2.23. The molecular weight excluding hydrogens is 324 g/mol. The highest BCUT2D eigenvalue weighted by atomic mass is 35.5. The Morgan fingerprint density at radius 1 is 1.10 bits per heavy atom. The molecule has 3 aromatic heterocycles. The minimum Gasteiger partial charge on any atom is -0.183 e. The van der Waals surface area contributed by atoms with Crippen LogP contribution in [0.3, 0.4) is 0 Å². The molecule has 0 saturated carbocycles. The lowest BCUT2D eigenvalue weighted by Gasteiger charge is -1.97. The molecule has 0 saturated heterocycles. The second-order valence-electron chi connectivity index (χ2n) is 4.53. The third-order valence-corrected chi connectivity index (χ3v) is 4.91. The Bertz CT molecular complexity index is 878. The highest BCUT2D eigenvalue weighted by Gasteiger charge is 2.13. The molecule has 3 heterocycles.